The fourth-order valence-corrected chi connectivity index (χ4v) is 2.48. The Hall–Kier alpha value is -3.01. The first kappa shape index (κ1) is 11.8. The molecule has 0 saturated carbocycles. The van der Waals surface area contributed by atoms with Gasteiger partial charge in [-0.25, -0.2) is 4.98 Å². The Labute approximate surface area is 121 Å². The van der Waals surface area contributed by atoms with Crippen LogP contribution in [0.15, 0.2) is 73.1 Å². The number of para-hydroxylation sites is 1. The van der Waals surface area contributed by atoms with Crippen molar-refractivity contribution >= 4 is 11.3 Å². The molecule has 4 heteroatoms. The molecule has 0 unspecified atom stereocenters. The van der Waals surface area contributed by atoms with E-state index in [1.165, 1.54) is 0 Å². The van der Waals surface area contributed by atoms with Gasteiger partial charge in [0.15, 0.2) is 0 Å². The van der Waals surface area contributed by atoms with Crippen LogP contribution in [-0.4, -0.2) is 15.0 Å². The van der Waals surface area contributed by atoms with Crippen molar-refractivity contribution in [1.82, 2.24) is 15.0 Å². The molecule has 2 aromatic carbocycles. The average Bonchev–Trinajstić information content (AvgIpc) is 2.96. The summed E-state index contributed by atoms with van der Waals surface area (Å²) < 4.78 is 2.09. The fraction of sp³-hybridized carbons (Fsp3) is 0. The van der Waals surface area contributed by atoms with Crippen LogP contribution in [0.4, 0.5) is 0 Å². The highest BCUT2D eigenvalue weighted by atomic mass is 15.2. The van der Waals surface area contributed by atoms with E-state index in [0.29, 0.717) is 0 Å². The predicted molar refractivity (Wildman–Crippen MR) is 80.9 cm³/mol. The van der Waals surface area contributed by atoms with E-state index in [1.54, 1.807) is 12.4 Å². The zero-order valence-corrected chi connectivity index (χ0v) is 11.3. The second-order valence-electron chi connectivity index (χ2n) is 4.74. The van der Waals surface area contributed by atoms with Crippen LogP contribution in [0.2, 0.25) is 0 Å². The van der Waals surface area contributed by atoms with Gasteiger partial charge in [0.2, 0.25) is 5.82 Å². The first-order chi connectivity index (χ1) is 10.4. The minimum atomic E-state index is 0.778. The van der Waals surface area contributed by atoms with E-state index in [4.69, 9.17) is 0 Å². The monoisotopic (exact) mass is 273 g/mol. The maximum Gasteiger partial charge on any atom is 0.327 e. The minimum Gasteiger partial charge on any atom is -0.251 e. The summed E-state index contributed by atoms with van der Waals surface area (Å²) in [5, 5.41) is 0. The van der Waals surface area contributed by atoms with Gasteiger partial charge in [0.1, 0.15) is 11.9 Å². The van der Waals surface area contributed by atoms with Crippen LogP contribution in [0.1, 0.15) is 0 Å². The molecule has 4 nitrogen and oxygen atoms in total. The predicted octanol–water partition coefficient (Wildman–Crippen LogP) is 2.90. The van der Waals surface area contributed by atoms with Crippen molar-refractivity contribution in [2.45, 2.75) is 0 Å². The van der Waals surface area contributed by atoms with Crippen LogP contribution in [0.25, 0.3) is 28.4 Å². The number of H-pyrrole nitrogens is 1. The summed E-state index contributed by atoms with van der Waals surface area (Å²) in [7, 11) is 0. The Morgan fingerprint density at radius 2 is 1.43 bits per heavy atom. The molecule has 4 rings (SSSR count). The third-order valence-electron chi connectivity index (χ3n) is 3.41. The van der Waals surface area contributed by atoms with Crippen LogP contribution in [0.5, 0.6) is 0 Å². The van der Waals surface area contributed by atoms with Crippen molar-refractivity contribution < 1.29 is 4.57 Å². The van der Waals surface area contributed by atoms with Gasteiger partial charge in [-0.15, -0.1) is 4.98 Å². The molecule has 100 valence electrons. The molecule has 0 bridgehead atoms. The van der Waals surface area contributed by atoms with Gasteiger partial charge in [-0.3, -0.25) is 4.98 Å². The third kappa shape index (κ3) is 1.97. The second-order valence-corrected chi connectivity index (χ2v) is 4.74. The molecule has 0 radical (unpaired) electrons. The van der Waals surface area contributed by atoms with Gasteiger partial charge >= 0.3 is 5.65 Å². The van der Waals surface area contributed by atoms with E-state index in [2.05, 4.69) is 43.8 Å². The number of nitrogens with one attached hydrogen (secondary N) is 1. The fourth-order valence-electron chi connectivity index (χ4n) is 2.48. The summed E-state index contributed by atoms with van der Waals surface area (Å²) in [6.45, 7) is 0. The lowest BCUT2D eigenvalue weighted by Crippen LogP contribution is -2.32. The summed E-state index contributed by atoms with van der Waals surface area (Å²) in [5.74, 6) is 0.975. The molecule has 21 heavy (non-hydrogen) atoms. The van der Waals surface area contributed by atoms with Crippen molar-refractivity contribution in [3.8, 4) is 17.1 Å². The lowest BCUT2D eigenvalue weighted by atomic mass is 10.2. The van der Waals surface area contributed by atoms with Crippen LogP contribution in [-0.2, 0) is 0 Å². The molecule has 2 aromatic heterocycles. The highest BCUT2D eigenvalue weighted by molar-refractivity contribution is 5.67. The number of hydrogen-bond acceptors (Lipinski definition) is 2. The Kier molecular flexibility index (Phi) is 2.71. The Balaban J connectivity index is 2.07. The van der Waals surface area contributed by atoms with Crippen molar-refractivity contribution in [3.05, 3.63) is 73.1 Å². The number of aromatic amines is 1. The molecule has 0 atom stereocenters. The highest BCUT2D eigenvalue weighted by Crippen LogP contribution is 2.18. The van der Waals surface area contributed by atoms with Crippen LogP contribution in [0, 0.1) is 0 Å². The van der Waals surface area contributed by atoms with Crippen molar-refractivity contribution in [1.29, 1.82) is 0 Å². The lowest BCUT2D eigenvalue weighted by Gasteiger charge is -2.02. The maximum atomic E-state index is 4.47. The highest BCUT2D eigenvalue weighted by Gasteiger charge is 2.22. The summed E-state index contributed by atoms with van der Waals surface area (Å²) in [4.78, 5) is 12.2. The SMILES string of the molecule is c1ccc(-c2[nH]c3nccnc3[n+]2-c2ccccc2)cc1. The zero-order valence-electron chi connectivity index (χ0n) is 11.3. The summed E-state index contributed by atoms with van der Waals surface area (Å²) in [6, 6.07) is 20.4. The first-order valence-corrected chi connectivity index (χ1v) is 6.79. The number of hydrogen-bond donors (Lipinski definition) is 1. The Morgan fingerprint density at radius 1 is 0.762 bits per heavy atom. The summed E-state index contributed by atoms with van der Waals surface area (Å²) >= 11 is 0. The molecular formula is C17H13N4+. The van der Waals surface area contributed by atoms with E-state index >= 15 is 0 Å². The van der Waals surface area contributed by atoms with Crippen LogP contribution in [0.3, 0.4) is 0 Å². The molecule has 4 aromatic rings. The standard InChI is InChI=1S/C17H12N4/c1-3-7-13(8-4-1)16-20-15-17(19-12-11-18-15)21(16)14-9-5-2-6-10-14/h1-12H/p+1. The zero-order chi connectivity index (χ0) is 14.1. The minimum absolute atomic E-state index is 0.778. The van der Waals surface area contributed by atoms with Crippen molar-refractivity contribution in [3.63, 3.8) is 0 Å². The van der Waals surface area contributed by atoms with Crippen LogP contribution < -0.4 is 4.57 Å². The van der Waals surface area contributed by atoms with Gasteiger partial charge in [-0.1, -0.05) is 36.4 Å². The normalized spacial score (nSPS) is 10.9. The Morgan fingerprint density at radius 3 is 2.19 bits per heavy atom. The van der Waals surface area contributed by atoms with Crippen LogP contribution >= 0.6 is 0 Å². The number of rotatable bonds is 2. The van der Waals surface area contributed by atoms with Gasteiger partial charge in [0.05, 0.1) is 6.20 Å². The van der Waals surface area contributed by atoms with Crippen molar-refractivity contribution in [2.75, 3.05) is 0 Å². The van der Waals surface area contributed by atoms with Gasteiger partial charge in [-0.05, 0) is 24.3 Å². The van der Waals surface area contributed by atoms with E-state index in [-0.39, 0.29) is 0 Å². The molecule has 1 N–H and O–H groups in total. The smallest absolute Gasteiger partial charge is 0.251 e. The molecule has 0 fully saturated rings. The number of fused-ring (bicyclic) bond motifs is 1. The van der Waals surface area contributed by atoms with Gasteiger partial charge in [-0.2, -0.15) is 4.57 Å². The molecule has 0 aliphatic rings. The molecule has 0 spiro atoms. The van der Waals surface area contributed by atoms with E-state index in [0.717, 1.165) is 28.4 Å². The van der Waals surface area contributed by atoms with E-state index in [9.17, 15) is 0 Å². The topological polar surface area (TPSA) is 45.5 Å². The quantitative estimate of drug-likeness (QED) is 0.571. The summed E-state index contributed by atoms with van der Waals surface area (Å²) in [6.07, 6.45) is 3.41. The Bertz CT molecular complexity index is 882. The average molecular weight is 273 g/mol. The summed E-state index contributed by atoms with van der Waals surface area (Å²) in [5.41, 5.74) is 3.76. The van der Waals surface area contributed by atoms with Gasteiger partial charge < -0.3 is 0 Å². The lowest BCUT2D eigenvalue weighted by molar-refractivity contribution is -0.557. The molecule has 2 heterocycles. The third-order valence-corrected chi connectivity index (χ3v) is 3.41. The van der Waals surface area contributed by atoms with Crippen molar-refractivity contribution in [2.24, 2.45) is 0 Å². The van der Waals surface area contributed by atoms with Gasteiger partial charge in [0, 0.05) is 5.56 Å². The van der Waals surface area contributed by atoms with Gasteiger partial charge in [0.25, 0.3) is 5.65 Å². The molecule has 0 aliphatic carbocycles. The molecular weight excluding hydrogens is 260 g/mol. The van der Waals surface area contributed by atoms with E-state index < -0.39 is 0 Å². The largest absolute Gasteiger partial charge is 0.327 e. The number of aromatic nitrogens is 4. The van der Waals surface area contributed by atoms with E-state index in [1.807, 2.05) is 36.4 Å². The molecule has 0 aliphatic heterocycles. The number of benzene rings is 2. The molecule has 0 amide bonds. The first-order valence-electron chi connectivity index (χ1n) is 6.79. The maximum absolute atomic E-state index is 4.47. The molecule has 0 saturated heterocycles. The second kappa shape index (κ2) is 4.83. The number of nitrogens with zero attached hydrogens (tertiary/aromatic N) is 3. The number of imidazole rings is 1.